The molecule has 0 saturated carbocycles. The second kappa shape index (κ2) is 8.79. The minimum atomic E-state index is -1.12. The van der Waals surface area contributed by atoms with E-state index in [0.717, 1.165) is 18.4 Å². The lowest BCUT2D eigenvalue weighted by molar-refractivity contribution is -0.0199. The van der Waals surface area contributed by atoms with Gasteiger partial charge in [0.15, 0.2) is 11.6 Å². The quantitative estimate of drug-likeness (QED) is 0.576. The van der Waals surface area contributed by atoms with E-state index in [2.05, 4.69) is 6.92 Å². The number of rotatable bonds is 6. The third kappa shape index (κ3) is 4.29. The molecule has 1 heterocycles. The Hall–Kier alpha value is -2.01. The Morgan fingerprint density at radius 2 is 1.81 bits per heavy atom. The summed E-state index contributed by atoms with van der Waals surface area (Å²) in [6.07, 6.45) is 5.30. The molecule has 2 aromatic rings. The monoisotopic (exact) mass is 378 g/mol. The average molecular weight is 378 g/mol. The maximum Gasteiger partial charge on any atom is 0.201 e. The van der Waals surface area contributed by atoms with Crippen LogP contribution in [0.2, 0.25) is 0 Å². The highest BCUT2D eigenvalue weighted by atomic mass is 19.2. The number of hydrogen-bond acceptors (Lipinski definition) is 2. The third-order valence-electron chi connectivity index (χ3n) is 5.26. The molecule has 0 spiro atoms. The summed E-state index contributed by atoms with van der Waals surface area (Å²) in [7, 11) is 1.25. The van der Waals surface area contributed by atoms with Gasteiger partial charge in [-0.3, -0.25) is 0 Å². The van der Waals surface area contributed by atoms with E-state index in [9.17, 15) is 13.2 Å². The van der Waals surface area contributed by atoms with E-state index in [1.807, 2.05) is 0 Å². The molecular formula is C22H25F3O2. The van der Waals surface area contributed by atoms with Gasteiger partial charge in [0, 0.05) is 11.1 Å². The first-order valence-corrected chi connectivity index (χ1v) is 9.48. The van der Waals surface area contributed by atoms with Crippen molar-refractivity contribution in [3.05, 3.63) is 53.3 Å². The van der Waals surface area contributed by atoms with Crippen LogP contribution in [-0.2, 0) is 4.74 Å². The predicted octanol–water partition coefficient (Wildman–Crippen LogP) is 6.44. The minimum absolute atomic E-state index is 0.0226. The van der Waals surface area contributed by atoms with Gasteiger partial charge in [0.05, 0.1) is 19.8 Å². The molecular weight excluding hydrogens is 353 g/mol. The van der Waals surface area contributed by atoms with Crippen LogP contribution in [-0.4, -0.2) is 13.7 Å². The van der Waals surface area contributed by atoms with Crippen molar-refractivity contribution in [3.63, 3.8) is 0 Å². The van der Waals surface area contributed by atoms with Gasteiger partial charge in [-0.2, -0.15) is 4.39 Å². The Labute approximate surface area is 158 Å². The summed E-state index contributed by atoms with van der Waals surface area (Å²) in [6, 6.07) is 7.21. The van der Waals surface area contributed by atoms with Crippen molar-refractivity contribution in [2.45, 2.75) is 45.1 Å². The highest BCUT2D eigenvalue weighted by Crippen LogP contribution is 2.36. The maximum atomic E-state index is 14.7. The molecule has 0 bridgehead atoms. The largest absolute Gasteiger partial charge is 0.494 e. The van der Waals surface area contributed by atoms with E-state index >= 15 is 0 Å². The van der Waals surface area contributed by atoms with Crippen molar-refractivity contribution in [2.75, 3.05) is 13.7 Å². The SMILES string of the molecule is CCCCC1CCC(c2ccc(-c3ccc(OC)c(F)c3F)c(F)c2)OC1. The Balaban J connectivity index is 1.76. The fraction of sp³-hybridized carbons (Fsp3) is 0.455. The molecule has 0 radical (unpaired) electrons. The van der Waals surface area contributed by atoms with Crippen LogP contribution in [0.5, 0.6) is 5.75 Å². The second-order valence-corrected chi connectivity index (χ2v) is 7.09. The topological polar surface area (TPSA) is 18.5 Å². The van der Waals surface area contributed by atoms with Crippen LogP contribution in [0.1, 0.15) is 50.7 Å². The standard InChI is InChI=1S/C22H25F3O2/c1-3-4-5-14-6-10-19(27-13-14)15-7-8-16(18(23)12-15)17-9-11-20(26-2)22(25)21(17)24/h7-9,11-12,14,19H,3-6,10,13H2,1-2H3. The molecule has 2 aromatic carbocycles. The summed E-state index contributed by atoms with van der Waals surface area (Å²) in [5.74, 6) is -2.46. The van der Waals surface area contributed by atoms with E-state index in [-0.39, 0.29) is 23.0 Å². The lowest BCUT2D eigenvalue weighted by Crippen LogP contribution is -2.20. The van der Waals surface area contributed by atoms with Crippen LogP contribution in [0, 0.1) is 23.4 Å². The number of benzene rings is 2. The van der Waals surface area contributed by atoms with Crippen LogP contribution in [0.15, 0.2) is 30.3 Å². The lowest BCUT2D eigenvalue weighted by atomic mass is 9.90. The highest BCUT2D eigenvalue weighted by Gasteiger charge is 2.24. The zero-order valence-corrected chi connectivity index (χ0v) is 15.7. The molecule has 1 saturated heterocycles. The van der Waals surface area contributed by atoms with Crippen molar-refractivity contribution < 1.29 is 22.6 Å². The smallest absolute Gasteiger partial charge is 0.201 e. The third-order valence-corrected chi connectivity index (χ3v) is 5.26. The van der Waals surface area contributed by atoms with Gasteiger partial charge in [-0.05, 0) is 48.9 Å². The summed E-state index contributed by atoms with van der Waals surface area (Å²) < 4.78 is 53.5. The molecule has 27 heavy (non-hydrogen) atoms. The molecule has 0 amide bonds. The van der Waals surface area contributed by atoms with Gasteiger partial charge in [0.2, 0.25) is 5.82 Å². The molecule has 0 aliphatic carbocycles. The van der Waals surface area contributed by atoms with Crippen molar-refractivity contribution in [3.8, 4) is 16.9 Å². The van der Waals surface area contributed by atoms with E-state index in [0.29, 0.717) is 12.5 Å². The minimum Gasteiger partial charge on any atom is -0.494 e. The fourth-order valence-corrected chi connectivity index (χ4v) is 3.64. The van der Waals surface area contributed by atoms with Crippen LogP contribution < -0.4 is 4.74 Å². The Morgan fingerprint density at radius 3 is 2.44 bits per heavy atom. The molecule has 0 aromatic heterocycles. The normalized spacial score (nSPS) is 19.9. The molecule has 3 rings (SSSR count). The van der Waals surface area contributed by atoms with Gasteiger partial charge in [0.1, 0.15) is 5.82 Å². The summed E-state index contributed by atoms with van der Waals surface area (Å²) in [4.78, 5) is 0. The molecule has 1 aliphatic heterocycles. The average Bonchev–Trinajstić information content (AvgIpc) is 2.69. The number of hydrogen-bond donors (Lipinski definition) is 0. The van der Waals surface area contributed by atoms with Gasteiger partial charge in [-0.1, -0.05) is 31.9 Å². The molecule has 2 nitrogen and oxygen atoms in total. The van der Waals surface area contributed by atoms with Gasteiger partial charge >= 0.3 is 0 Å². The zero-order valence-electron chi connectivity index (χ0n) is 15.7. The van der Waals surface area contributed by atoms with Crippen LogP contribution in [0.25, 0.3) is 11.1 Å². The number of unbranched alkanes of at least 4 members (excludes halogenated alkanes) is 1. The zero-order chi connectivity index (χ0) is 19.4. The Kier molecular flexibility index (Phi) is 6.42. The van der Waals surface area contributed by atoms with E-state index in [1.165, 1.54) is 50.6 Å². The van der Waals surface area contributed by atoms with Crippen LogP contribution in [0.3, 0.4) is 0 Å². The van der Waals surface area contributed by atoms with E-state index < -0.39 is 17.5 Å². The van der Waals surface area contributed by atoms with Gasteiger partial charge < -0.3 is 9.47 Å². The highest BCUT2D eigenvalue weighted by molar-refractivity contribution is 5.66. The molecule has 5 heteroatoms. The van der Waals surface area contributed by atoms with Crippen molar-refractivity contribution >= 4 is 0 Å². The summed E-state index contributed by atoms with van der Waals surface area (Å²) in [5.41, 5.74) is 0.635. The maximum absolute atomic E-state index is 14.7. The van der Waals surface area contributed by atoms with Crippen molar-refractivity contribution in [1.29, 1.82) is 0 Å². The molecule has 0 N–H and O–H groups in total. The van der Waals surface area contributed by atoms with Crippen molar-refractivity contribution in [1.82, 2.24) is 0 Å². The molecule has 1 aliphatic rings. The van der Waals surface area contributed by atoms with Crippen LogP contribution in [0.4, 0.5) is 13.2 Å². The first-order valence-electron chi connectivity index (χ1n) is 9.48. The Morgan fingerprint density at radius 1 is 1.04 bits per heavy atom. The predicted molar refractivity (Wildman–Crippen MR) is 99.2 cm³/mol. The molecule has 2 unspecified atom stereocenters. The molecule has 2 atom stereocenters. The van der Waals surface area contributed by atoms with E-state index in [1.54, 1.807) is 6.07 Å². The first-order chi connectivity index (χ1) is 13.0. The van der Waals surface area contributed by atoms with Gasteiger partial charge in [-0.15, -0.1) is 0 Å². The number of halogens is 3. The summed E-state index contributed by atoms with van der Waals surface area (Å²) in [5, 5.41) is 0. The lowest BCUT2D eigenvalue weighted by Gasteiger charge is -2.29. The van der Waals surface area contributed by atoms with Crippen molar-refractivity contribution in [2.24, 2.45) is 5.92 Å². The molecule has 146 valence electrons. The summed E-state index contributed by atoms with van der Waals surface area (Å²) >= 11 is 0. The molecule has 1 fully saturated rings. The number of methoxy groups -OCH3 is 1. The van der Waals surface area contributed by atoms with Crippen LogP contribution >= 0.6 is 0 Å². The second-order valence-electron chi connectivity index (χ2n) is 7.09. The fourth-order valence-electron chi connectivity index (χ4n) is 3.64. The van der Waals surface area contributed by atoms with Gasteiger partial charge in [-0.25, -0.2) is 8.78 Å². The first kappa shape index (κ1) is 19.7. The van der Waals surface area contributed by atoms with Gasteiger partial charge in [0.25, 0.3) is 0 Å². The summed E-state index contributed by atoms with van der Waals surface area (Å²) in [6.45, 7) is 2.86. The number of ether oxygens (including phenoxy) is 2. The van der Waals surface area contributed by atoms with E-state index in [4.69, 9.17) is 9.47 Å². The Bertz CT molecular complexity index is 783.